The first-order valence-electron chi connectivity index (χ1n) is 15.6. The van der Waals surface area contributed by atoms with Crippen molar-refractivity contribution in [3.05, 3.63) is 100 Å². The second kappa shape index (κ2) is 12.8. The fourth-order valence-corrected chi connectivity index (χ4v) is 7.07. The number of carboxylic acid groups (broad SMARTS) is 1. The zero-order valence-electron chi connectivity index (χ0n) is 25.6. The first-order chi connectivity index (χ1) is 22.4. The molecule has 0 aliphatic heterocycles. The van der Waals surface area contributed by atoms with Crippen LogP contribution >= 0.6 is 0 Å². The van der Waals surface area contributed by atoms with Crippen LogP contribution in [0.1, 0.15) is 57.5 Å². The number of nitrogens with one attached hydrogen (secondary N) is 2. The molecule has 246 valence electrons. The molecule has 0 aromatic heterocycles. The smallest absolute Gasteiger partial charge is 0.416 e. The van der Waals surface area contributed by atoms with E-state index < -0.39 is 41.4 Å². The number of hydrogen-bond acceptors (Lipinski definition) is 4. The molecule has 0 saturated heterocycles. The van der Waals surface area contributed by atoms with Gasteiger partial charge in [-0.15, -0.1) is 0 Å². The third kappa shape index (κ3) is 6.75. The van der Waals surface area contributed by atoms with E-state index in [9.17, 15) is 37.1 Å². The second-order valence-electron chi connectivity index (χ2n) is 12.5. The minimum absolute atomic E-state index is 0.00852. The predicted octanol–water partition coefficient (Wildman–Crippen LogP) is 6.67. The number of ether oxygens (including phenoxy) is 1. The van der Waals surface area contributed by atoms with Crippen LogP contribution in [0, 0.1) is 29.5 Å². The molecule has 3 aromatic carbocycles. The van der Waals surface area contributed by atoms with E-state index in [4.69, 9.17) is 4.74 Å². The summed E-state index contributed by atoms with van der Waals surface area (Å²) in [7, 11) is 1.39. The first-order valence-corrected chi connectivity index (χ1v) is 15.6. The van der Waals surface area contributed by atoms with Gasteiger partial charge in [0.1, 0.15) is 11.6 Å². The number of methoxy groups -OCH3 is 1. The van der Waals surface area contributed by atoms with E-state index in [0.717, 1.165) is 49.9 Å². The van der Waals surface area contributed by atoms with Crippen molar-refractivity contribution in [3.8, 4) is 16.9 Å². The molecule has 0 radical (unpaired) electrons. The predicted molar refractivity (Wildman–Crippen MR) is 165 cm³/mol. The summed E-state index contributed by atoms with van der Waals surface area (Å²) in [6.45, 7) is 0.132. The fraction of sp³-hybridized carbons (Fsp3) is 0.361. The minimum atomic E-state index is -4.46. The molecule has 3 saturated carbocycles. The molecule has 0 spiro atoms. The van der Waals surface area contributed by atoms with Gasteiger partial charge in [0, 0.05) is 24.1 Å². The van der Waals surface area contributed by atoms with Crippen molar-refractivity contribution in [2.75, 3.05) is 13.7 Å². The SMILES string of the molecule is COc1ccc(-c2cc(C(=O)O)ccc2F)cc1C(=O)N[C@@H]1C2CCC(/C2=C/C2CC2)[C@@H]1C(=O)NCCc1cccc(C(F)(F)F)c1. The lowest BCUT2D eigenvalue weighted by Crippen LogP contribution is -2.50. The van der Waals surface area contributed by atoms with Gasteiger partial charge in [0.2, 0.25) is 5.91 Å². The maximum absolute atomic E-state index is 14.8. The van der Waals surface area contributed by atoms with E-state index in [-0.39, 0.29) is 58.7 Å². The summed E-state index contributed by atoms with van der Waals surface area (Å²) in [5.74, 6) is -2.70. The maximum atomic E-state index is 14.8. The molecule has 3 aliphatic carbocycles. The largest absolute Gasteiger partial charge is 0.496 e. The Balaban J connectivity index is 1.24. The Labute approximate surface area is 269 Å². The lowest BCUT2D eigenvalue weighted by Gasteiger charge is -2.30. The fourth-order valence-electron chi connectivity index (χ4n) is 7.07. The number of rotatable bonds is 10. The number of amides is 2. The highest BCUT2D eigenvalue weighted by Crippen LogP contribution is 2.54. The highest BCUT2D eigenvalue weighted by atomic mass is 19.4. The molecule has 2 unspecified atom stereocenters. The number of benzene rings is 3. The van der Waals surface area contributed by atoms with Crippen molar-refractivity contribution in [2.45, 2.75) is 44.3 Å². The van der Waals surface area contributed by atoms with Crippen molar-refractivity contribution < 1.29 is 41.8 Å². The Morgan fingerprint density at radius 2 is 1.74 bits per heavy atom. The van der Waals surface area contributed by atoms with Gasteiger partial charge in [-0.1, -0.05) is 35.9 Å². The van der Waals surface area contributed by atoms with Gasteiger partial charge in [0.25, 0.3) is 5.91 Å². The summed E-state index contributed by atoms with van der Waals surface area (Å²) in [6, 6.07) is 12.4. The molecular formula is C36H34F4N2O5. The number of fused-ring (bicyclic) bond motifs is 2. The minimum Gasteiger partial charge on any atom is -0.496 e. The van der Waals surface area contributed by atoms with Gasteiger partial charge >= 0.3 is 12.1 Å². The quantitative estimate of drug-likeness (QED) is 0.168. The molecular weight excluding hydrogens is 616 g/mol. The van der Waals surface area contributed by atoms with E-state index in [1.807, 2.05) is 0 Å². The molecule has 4 atom stereocenters. The van der Waals surface area contributed by atoms with Crippen LogP contribution in [0.25, 0.3) is 11.1 Å². The van der Waals surface area contributed by atoms with Gasteiger partial charge < -0.3 is 20.5 Å². The Hall–Kier alpha value is -4.67. The van der Waals surface area contributed by atoms with Crippen LogP contribution in [0.15, 0.2) is 72.3 Å². The molecule has 2 amide bonds. The van der Waals surface area contributed by atoms with Crippen molar-refractivity contribution in [3.63, 3.8) is 0 Å². The van der Waals surface area contributed by atoms with Gasteiger partial charge in [0.15, 0.2) is 0 Å². The molecule has 3 aliphatic rings. The average molecular weight is 651 g/mol. The Morgan fingerprint density at radius 1 is 0.979 bits per heavy atom. The number of carbonyl (C=O) groups excluding carboxylic acids is 2. The number of aromatic carboxylic acids is 1. The van der Waals surface area contributed by atoms with Crippen LogP contribution < -0.4 is 15.4 Å². The molecule has 11 heteroatoms. The van der Waals surface area contributed by atoms with Crippen molar-refractivity contribution in [1.82, 2.24) is 10.6 Å². The maximum Gasteiger partial charge on any atom is 0.416 e. The molecule has 2 bridgehead atoms. The normalized spacial score (nSPS) is 22.7. The molecule has 0 heterocycles. The number of alkyl halides is 3. The molecule has 3 N–H and O–H groups in total. The highest BCUT2D eigenvalue weighted by Gasteiger charge is 2.55. The van der Waals surface area contributed by atoms with Crippen molar-refractivity contribution in [2.24, 2.45) is 23.7 Å². The van der Waals surface area contributed by atoms with E-state index in [1.165, 1.54) is 43.0 Å². The third-order valence-corrected chi connectivity index (χ3v) is 9.49. The zero-order valence-corrected chi connectivity index (χ0v) is 25.6. The standard InChI is InChI=1S/C36H34F4N2O5/c1-47-30-12-8-21(26-18-22(35(45)46)7-11-29(26)37)17-28(30)33(43)42-32-25-10-9-24(27(25)16-20-5-6-20)31(32)34(44)41-14-13-19-3-2-4-23(15-19)36(38,39)40/h2-4,7-8,11-12,15-18,20,24-25,31-32H,5-6,9-10,13-14H2,1H3,(H,41,44)(H,42,43)(H,45,46)/b27-16-/t24?,25?,31-,32+/m0/s1. The van der Waals surface area contributed by atoms with Crippen LogP contribution in [0.2, 0.25) is 0 Å². The van der Waals surface area contributed by atoms with Crippen molar-refractivity contribution in [1.29, 1.82) is 0 Å². The molecule has 7 nitrogen and oxygen atoms in total. The topological polar surface area (TPSA) is 105 Å². The van der Waals surface area contributed by atoms with E-state index in [1.54, 1.807) is 6.07 Å². The third-order valence-electron chi connectivity index (χ3n) is 9.49. The molecule has 6 rings (SSSR count). The lowest BCUT2D eigenvalue weighted by molar-refractivity contribution is -0.137. The summed E-state index contributed by atoms with van der Waals surface area (Å²) < 4.78 is 59.8. The summed E-state index contributed by atoms with van der Waals surface area (Å²) in [6.07, 6.45) is 1.75. The van der Waals surface area contributed by atoms with Crippen LogP contribution in [-0.4, -0.2) is 42.6 Å². The van der Waals surface area contributed by atoms with Crippen LogP contribution in [0.4, 0.5) is 17.6 Å². The van der Waals surface area contributed by atoms with Crippen LogP contribution in [0.5, 0.6) is 5.75 Å². The summed E-state index contributed by atoms with van der Waals surface area (Å²) in [5.41, 5.74) is 1.15. The van der Waals surface area contributed by atoms with E-state index in [0.29, 0.717) is 11.5 Å². The van der Waals surface area contributed by atoms with Gasteiger partial charge in [0.05, 0.1) is 29.7 Å². The summed E-state index contributed by atoms with van der Waals surface area (Å²) >= 11 is 0. The lowest BCUT2D eigenvalue weighted by atomic mass is 9.83. The van der Waals surface area contributed by atoms with Gasteiger partial charge in [-0.3, -0.25) is 9.59 Å². The average Bonchev–Trinajstić information content (AvgIpc) is 3.72. The van der Waals surface area contributed by atoms with E-state index >= 15 is 0 Å². The van der Waals surface area contributed by atoms with E-state index in [2.05, 4.69) is 16.7 Å². The Bertz CT molecular complexity index is 1750. The molecule has 3 fully saturated rings. The Kier molecular flexibility index (Phi) is 8.82. The van der Waals surface area contributed by atoms with Crippen LogP contribution in [-0.2, 0) is 17.4 Å². The summed E-state index contributed by atoms with van der Waals surface area (Å²) in [5, 5.41) is 15.4. The van der Waals surface area contributed by atoms with Crippen molar-refractivity contribution >= 4 is 17.8 Å². The second-order valence-corrected chi connectivity index (χ2v) is 12.5. The number of halogens is 4. The zero-order chi connectivity index (χ0) is 33.5. The monoisotopic (exact) mass is 650 g/mol. The molecule has 47 heavy (non-hydrogen) atoms. The number of carboxylic acids is 1. The first kappa shape index (κ1) is 32.3. The number of allylic oxidation sites excluding steroid dienone is 1. The van der Waals surface area contributed by atoms with Crippen LogP contribution in [0.3, 0.4) is 0 Å². The Morgan fingerprint density at radius 3 is 2.45 bits per heavy atom. The molecule has 3 aromatic rings. The number of hydrogen-bond donors (Lipinski definition) is 3. The van der Waals surface area contributed by atoms with Gasteiger partial charge in [-0.05, 0) is 91.5 Å². The summed E-state index contributed by atoms with van der Waals surface area (Å²) in [4.78, 5) is 39.1. The highest BCUT2D eigenvalue weighted by molar-refractivity contribution is 5.99. The number of carbonyl (C=O) groups is 3. The van der Waals surface area contributed by atoms with Gasteiger partial charge in [-0.25, -0.2) is 9.18 Å². The van der Waals surface area contributed by atoms with Gasteiger partial charge in [-0.2, -0.15) is 13.2 Å².